The fraction of sp³-hybridized carbons (Fsp3) is 0.600. The van der Waals surface area contributed by atoms with Gasteiger partial charge in [-0.3, -0.25) is 9.78 Å². The molecule has 0 unspecified atom stereocenters. The maximum absolute atomic E-state index is 12.8. The molecule has 2 aliphatic heterocycles. The first-order valence-corrected chi connectivity index (χ1v) is 9.39. The van der Waals surface area contributed by atoms with E-state index in [2.05, 4.69) is 4.98 Å². The molecule has 2 aliphatic rings. The lowest BCUT2D eigenvalue weighted by atomic mass is 9.79. The maximum atomic E-state index is 12.8. The number of pyridine rings is 1. The molecule has 0 N–H and O–H groups in total. The molecule has 22 heavy (non-hydrogen) atoms. The quantitative estimate of drug-likeness (QED) is 0.827. The highest BCUT2D eigenvalue weighted by atomic mass is 32.2. The molecule has 0 radical (unpaired) electrons. The van der Waals surface area contributed by atoms with Crippen molar-refractivity contribution >= 4 is 15.9 Å². The Labute approximate surface area is 131 Å². The molecule has 0 aromatic carbocycles. The summed E-state index contributed by atoms with van der Waals surface area (Å²) in [6.45, 7) is 2.12. The van der Waals surface area contributed by atoms with Crippen LogP contribution in [0.15, 0.2) is 24.5 Å². The number of carbonyl (C=O) groups is 1. The summed E-state index contributed by atoms with van der Waals surface area (Å²) in [7, 11) is -3.23. The van der Waals surface area contributed by atoms with Crippen LogP contribution in [-0.4, -0.2) is 54.4 Å². The Morgan fingerprint density at radius 1 is 1.23 bits per heavy atom. The molecule has 1 aromatic heterocycles. The van der Waals surface area contributed by atoms with Gasteiger partial charge in [0.25, 0.3) is 0 Å². The predicted octanol–water partition coefficient (Wildman–Crippen LogP) is 0.856. The van der Waals surface area contributed by atoms with Gasteiger partial charge in [-0.2, -0.15) is 0 Å². The summed E-state index contributed by atoms with van der Waals surface area (Å²) in [5.74, 6) is 0.0951. The van der Waals surface area contributed by atoms with Crippen molar-refractivity contribution in [1.82, 2.24) is 14.2 Å². The molecule has 2 saturated heterocycles. The second-order valence-corrected chi connectivity index (χ2v) is 8.30. The van der Waals surface area contributed by atoms with Crippen LogP contribution in [0.4, 0.5) is 0 Å². The fourth-order valence-corrected chi connectivity index (χ4v) is 4.45. The molecule has 7 heteroatoms. The number of amides is 1. The van der Waals surface area contributed by atoms with Crippen molar-refractivity contribution in [3.05, 3.63) is 30.1 Å². The summed E-state index contributed by atoms with van der Waals surface area (Å²) in [6, 6.07) is 3.81. The number of likely N-dealkylation sites (tertiary alicyclic amines) is 1. The Bertz CT molecular complexity index is 662. The lowest BCUT2D eigenvalue weighted by Crippen LogP contribution is -2.49. The van der Waals surface area contributed by atoms with Gasteiger partial charge in [0.2, 0.25) is 15.9 Å². The number of aromatic nitrogens is 1. The second-order valence-electron chi connectivity index (χ2n) is 6.31. The SMILES string of the molecule is CS(=O)(=O)N1CCC[C@@]2(CCN(Cc3ccncc3)C2=O)C1. The van der Waals surface area contributed by atoms with Crippen LogP contribution in [0.5, 0.6) is 0 Å². The molecular weight excluding hydrogens is 302 g/mol. The number of carbonyl (C=O) groups excluding carboxylic acids is 1. The maximum Gasteiger partial charge on any atom is 0.230 e. The van der Waals surface area contributed by atoms with E-state index in [0.717, 1.165) is 24.8 Å². The van der Waals surface area contributed by atoms with Gasteiger partial charge in [0.05, 0.1) is 11.7 Å². The molecule has 0 bridgehead atoms. The smallest absolute Gasteiger partial charge is 0.230 e. The summed E-state index contributed by atoms with van der Waals surface area (Å²) in [5.41, 5.74) is 0.533. The average Bonchev–Trinajstić information content (AvgIpc) is 2.77. The van der Waals surface area contributed by atoms with Crippen molar-refractivity contribution in [3.63, 3.8) is 0 Å². The van der Waals surface area contributed by atoms with Crippen LogP contribution >= 0.6 is 0 Å². The first-order chi connectivity index (χ1) is 10.4. The Hall–Kier alpha value is -1.47. The Balaban J connectivity index is 1.75. The van der Waals surface area contributed by atoms with E-state index in [1.807, 2.05) is 17.0 Å². The third-order valence-electron chi connectivity index (χ3n) is 4.73. The van der Waals surface area contributed by atoms with E-state index < -0.39 is 15.4 Å². The average molecular weight is 323 g/mol. The summed E-state index contributed by atoms with van der Waals surface area (Å²) < 4.78 is 25.1. The van der Waals surface area contributed by atoms with Crippen LogP contribution in [0.25, 0.3) is 0 Å². The van der Waals surface area contributed by atoms with Gasteiger partial charge < -0.3 is 4.90 Å². The molecule has 3 heterocycles. The van der Waals surface area contributed by atoms with E-state index >= 15 is 0 Å². The zero-order chi connectivity index (χ0) is 15.8. The van der Waals surface area contributed by atoms with Crippen LogP contribution < -0.4 is 0 Å². The first-order valence-electron chi connectivity index (χ1n) is 7.54. The lowest BCUT2D eigenvalue weighted by Gasteiger charge is -2.37. The highest BCUT2D eigenvalue weighted by Crippen LogP contribution is 2.41. The fourth-order valence-electron chi connectivity index (χ4n) is 3.50. The zero-order valence-corrected chi connectivity index (χ0v) is 13.6. The van der Waals surface area contributed by atoms with E-state index in [9.17, 15) is 13.2 Å². The first kappa shape index (κ1) is 15.4. The van der Waals surface area contributed by atoms with E-state index in [0.29, 0.717) is 26.2 Å². The molecule has 1 aromatic rings. The van der Waals surface area contributed by atoms with E-state index in [4.69, 9.17) is 0 Å². The van der Waals surface area contributed by atoms with Crippen molar-refractivity contribution in [3.8, 4) is 0 Å². The van der Waals surface area contributed by atoms with Crippen molar-refractivity contribution in [2.45, 2.75) is 25.8 Å². The second kappa shape index (κ2) is 5.62. The summed E-state index contributed by atoms with van der Waals surface area (Å²) in [4.78, 5) is 18.7. The molecular formula is C15H21N3O3S. The van der Waals surface area contributed by atoms with E-state index in [1.165, 1.54) is 10.6 Å². The minimum atomic E-state index is -3.23. The summed E-state index contributed by atoms with van der Waals surface area (Å²) in [5, 5.41) is 0. The third kappa shape index (κ3) is 2.87. The van der Waals surface area contributed by atoms with E-state index in [1.54, 1.807) is 12.4 Å². The molecule has 1 atom stereocenters. The number of nitrogens with zero attached hydrogens (tertiary/aromatic N) is 3. The predicted molar refractivity (Wildman–Crippen MR) is 82.4 cm³/mol. The minimum Gasteiger partial charge on any atom is -0.338 e. The third-order valence-corrected chi connectivity index (χ3v) is 5.98. The number of hydrogen-bond donors (Lipinski definition) is 0. The molecule has 120 valence electrons. The molecule has 1 spiro atoms. The normalized spacial score (nSPS) is 26.8. The van der Waals surface area contributed by atoms with Gasteiger partial charge in [-0.05, 0) is 37.0 Å². The Morgan fingerprint density at radius 3 is 2.64 bits per heavy atom. The minimum absolute atomic E-state index is 0.0951. The van der Waals surface area contributed by atoms with Crippen LogP contribution in [0.2, 0.25) is 0 Å². The molecule has 1 amide bonds. The van der Waals surface area contributed by atoms with Gasteiger partial charge in [0, 0.05) is 38.6 Å². The Kier molecular flexibility index (Phi) is 3.94. The van der Waals surface area contributed by atoms with E-state index in [-0.39, 0.29) is 5.91 Å². The van der Waals surface area contributed by atoms with Gasteiger partial charge in [-0.25, -0.2) is 12.7 Å². The van der Waals surface area contributed by atoms with Gasteiger partial charge in [0.1, 0.15) is 0 Å². The molecule has 3 rings (SSSR count). The Morgan fingerprint density at radius 2 is 1.95 bits per heavy atom. The highest BCUT2D eigenvalue weighted by Gasteiger charge is 2.49. The number of sulfonamides is 1. The summed E-state index contributed by atoms with van der Waals surface area (Å²) in [6.07, 6.45) is 6.94. The summed E-state index contributed by atoms with van der Waals surface area (Å²) >= 11 is 0. The van der Waals surface area contributed by atoms with Crippen LogP contribution in [0, 0.1) is 5.41 Å². The van der Waals surface area contributed by atoms with Gasteiger partial charge in [-0.1, -0.05) is 0 Å². The monoisotopic (exact) mass is 323 g/mol. The molecule has 2 fully saturated rings. The van der Waals surface area contributed by atoms with Crippen LogP contribution in [0.3, 0.4) is 0 Å². The topological polar surface area (TPSA) is 70.6 Å². The van der Waals surface area contributed by atoms with Crippen molar-refractivity contribution in [1.29, 1.82) is 0 Å². The van der Waals surface area contributed by atoms with Gasteiger partial charge >= 0.3 is 0 Å². The van der Waals surface area contributed by atoms with Crippen molar-refractivity contribution < 1.29 is 13.2 Å². The lowest BCUT2D eigenvalue weighted by molar-refractivity contribution is -0.138. The zero-order valence-electron chi connectivity index (χ0n) is 12.7. The van der Waals surface area contributed by atoms with Crippen molar-refractivity contribution in [2.75, 3.05) is 25.9 Å². The number of piperidine rings is 1. The number of hydrogen-bond acceptors (Lipinski definition) is 4. The van der Waals surface area contributed by atoms with Crippen LogP contribution in [0.1, 0.15) is 24.8 Å². The van der Waals surface area contributed by atoms with Gasteiger partial charge in [-0.15, -0.1) is 0 Å². The molecule has 0 saturated carbocycles. The van der Waals surface area contributed by atoms with Crippen LogP contribution in [-0.2, 0) is 21.4 Å². The molecule has 6 nitrogen and oxygen atoms in total. The van der Waals surface area contributed by atoms with Gasteiger partial charge in [0.15, 0.2) is 0 Å². The standard InChI is InChI=1S/C15H21N3O3S/c1-22(20,21)18-9-2-5-15(12-18)6-10-17(14(15)19)11-13-3-7-16-8-4-13/h3-4,7-8H,2,5-6,9-12H2,1H3/t15-/m1/s1. The molecule has 0 aliphatic carbocycles. The highest BCUT2D eigenvalue weighted by molar-refractivity contribution is 7.88. The van der Waals surface area contributed by atoms with Crippen molar-refractivity contribution in [2.24, 2.45) is 5.41 Å². The number of rotatable bonds is 3. The largest absolute Gasteiger partial charge is 0.338 e.